The number of ether oxygens (including phenoxy) is 2. The van der Waals surface area contributed by atoms with Crippen LogP contribution in [0.1, 0.15) is 57.1 Å². The SMILES string of the molecule is Cc1cc(N2CCC(CN3CCC(OC4CC(Oc5cc(N6C7CCC6CN(c6cc(-c8ccccc8O)nnc6N)C7)ccn5)C4)CC3)CC2)no1. The van der Waals surface area contributed by atoms with Gasteiger partial charge in [-0.1, -0.05) is 17.3 Å². The van der Waals surface area contributed by atoms with Crippen LogP contribution < -0.4 is 25.2 Å². The Hall–Kier alpha value is -4.62. The molecule has 4 aromatic rings. The highest BCUT2D eigenvalue weighted by molar-refractivity contribution is 5.74. The van der Waals surface area contributed by atoms with Crippen molar-refractivity contribution in [3.63, 3.8) is 0 Å². The van der Waals surface area contributed by atoms with Crippen LogP contribution in [-0.4, -0.2) is 107 Å². The number of aromatic hydroxyl groups is 1. The topological polar surface area (TPSA) is 142 Å². The van der Waals surface area contributed by atoms with Gasteiger partial charge in [0.1, 0.15) is 17.6 Å². The standard InChI is InChI=1S/C40H51N9O4/c1-26-18-38(45-53-26)47-16-9-27(10-17-47)23-46-14-11-31(12-15-46)51-32-20-33(21-32)52-39-19-28(8-13-42-39)49-29-6-7-30(49)25-48(24-29)36-22-35(43-44-40(36)41)34-4-2-3-5-37(34)50/h2-5,8,13,18-19,22,27,29-33,50H,6-7,9-12,14-17,20-21,23-25H2,1H3,(H2,41,44). The molecule has 1 saturated carbocycles. The fraction of sp³-hybridized carbons (Fsp3) is 0.550. The zero-order chi connectivity index (χ0) is 35.9. The molecule has 0 spiro atoms. The number of aromatic nitrogens is 4. The average molecular weight is 722 g/mol. The van der Waals surface area contributed by atoms with Crippen LogP contribution >= 0.6 is 0 Å². The van der Waals surface area contributed by atoms with Gasteiger partial charge in [0.2, 0.25) is 5.88 Å². The number of likely N-dealkylation sites (tertiary alicyclic amines) is 1. The fourth-order valence-corrected chi connectivity index (χ4v) is 9.22. The highest BCUT2D eigenvalue weighted by Crippen LogP contribution is 2.40. The van der Waals surface area contributed by atoms with Crippen LogP contribution in [0.4, 0.5) is 23.0 Å². The normalized spacial score (nSPS) is 25.5. The summed E-state index contributed by atoms with van der Waals surface area (Å²) in [6.07, 6.45) is 11.3. The maximum absolute atomic E-state index is 10.4. The van der Waals surface area contributed by atoms with Gasteiger partial charge in [0.15, 0.2) is 11.6 Å². The minimum atomic E-state index is 0.142. The van der Waals surface area contributed by atoms with Crippen molar-refractivity contribution in [1.82, 2.24) is 25.2 Å². The molecule has 4 aliphatic heterocycles. The molecule has 3 N–H and O–H groups in total. The molecule has 280 valence electrons. The summed E-state index contributed by atoms with van der Waals surface area (Å²) in [7, 11) is 0. The molecule has 1 aromatic carbocycles. The molecule has 1 aliphatic carbocycles. The number of nitrogens with two attached hydrogens (primary N) is 1. The van der Waals surface area contributed by atoms with Gasteiger partial charge in [0, 0.05) is 100 Å². The van der Waals surface area contributed by atoms with Crippen LogP contribution in [0.25, 0.3) is 11.3 Å². The van der Waals surface area contributed by atoms with E-state index >= 15 is 0 Å². The Balaban J connectivity index is 0.726. The van der Waals surface area contributed by atoms with Crippen LogP contribution in [0.2, 0.25) is 0 Å². The second kappa shape index (κ2) is 14.7. The number of nitrogens with zero attached hydrogens (tertiary/aromatic N) is 8. The van der Waals surface area contributed by atoms with Gasteiger partial charge in [0.05, 0.1) is 23.6 Å². The van der Waals surface area contributed by atoms with Crippen LogP contribution in [-0.2, 0) is 4.74 Å². The third-order valence-electron chi connectivity index (χ3n) is 12.1. The molecule has 2 atom stereocenters. The van der Waals surface area contributed by atoms with Crippen molar-refractivity contribution < 1.29 is 19.1 Å². The zero-order valence-corrected chi connectivity index (χ0v) is 30.6. The highest BCUT2D eigenvalue weighted by Gasteiger charge is 2.41. The smallest absolute Gasteiger partial charge is 0.215 e. The maximum atomic E-state index is 10.4. The van der Waals surface area contributed by atoms with Crippen molar-refractivity contribution in [2.75, 3.05) is 66.2 Å². The number of rotatable bonds is 10. The van der Waals surface area contributed by atoms with Gasteiger partial charge in [-0.05, 0) is 75.6 Å². The molecule has 4 saturated heterocycles. The van der Waals surface area contributed by atoms with Gasteiger partial charge in [-0.25, -0.2) is 4.98 Å². The molecule has 13 nitrogen and oxygen atoms in total. The van der Waals surface area contributed by atoms with Crippen LogP contribution in [0.15, 0.2) is 59.3 Å². The number of piperazine rings is 1. The lowest BCUT2D eigenvalue weighted by atomic mass is 9.91. The first kappa shape index (κ1) is 34.2. The highest BCUT2D eigenvalue weighted by atomic mass is 16.5. The van der Waals surface area contributed by atoms with Crippen molar-refractivity contribution >= 4 is 23.0 Å². The first-order valence-electron chi connectivity index (χ1n) is 19.6. The maximum Gasteiger partial charge on any atom is 0.215 e. The van der Waals surface area contributed by atoms with Crippen molar-refractivity contribution in [3.8, 4) is 22.9 Å². The molecular weight excluding hydrogens is 670 g/mol. The molecule has 2 unspecified atom stereocenters. The molecule has 53 heavy (non-hydrogen) atoms. The predicted molar refractivity (Wildman–Crippen MR) is 203 cm³/mol. The Labute approximate surface area is 311 Å². The first-order chi connectivity index (χ1) is 25.9. The molecule has 7 heterocycles. The monoisotopic (exact) mass is 721 g/mol. The number of anilines is 4. The Bertz CT molecular complexity index is 1850. The van der Waals surface area contributed by atoms with E-state index in [9.17, 15) is 5.11 Å². The van der Waals surface area contributed by atoms with Gasteiger partial charge in [-0.3, -0.25) is 0 Å². The quantitative estimate of drug-likeness (QED) is 0.219. The third kappa shape index (κ3) is 7.33. The van der Waals surface area contributed by atoms with Crippen molar-refractivity contribution in [3.05, 3.63) is 60.5 Å². The second-order valence-corrected chi connectivity index (χ2v) is 15.8. The number of hydrogen-bond acceptors (Lipinski definition) is 13. The third-order valence-corrected chi connectivity index (χ3v) is 12.1. The molecular formula is C40H51N9O4. The number of pyridine rings is 1. The summed E-state index contributed by atoms with van der Waals surface area (Å²) in [5.41, 5.74) is 9.66. The van der Waals surface area contributed by atoms with Gasteiger partial charge >= 0.3 is 0 Å². The Morgan fingerprint density at radius 3 is 2.36 bits per heavy atom. The lowest BCUT2D eigenvalue weighted by molar-refractivity contribution is -0.111. The Kier molecular flexibility index (Phi) is 9.45. The van der Waals surface area contributed by atoms with Crippen molar-refractivity contribution in [1.29, 1.82) is 0 Å². The van der Waals surface area contributed by atoms with E-state index in [2.05, 4.69) is 52.1 Å². The fourth-order valence-electron chi connectivity index (χ4n) is 9.22. The summed E-state index contributed by atoms with van der Waals surface area (Å²) in [4.78, 5) is 14.5. The number of para-hydroxylation sites is 1. The van der Waals surface area contributed by atoms with E-state index in [1.54, 1.807) is 12.1 Å². The number of nitrogen functional groups attached to an aromatic ring is 1. The number of fused-ring (bicyclic) bond motifs is 2. The number of phenolic OH excluding ortho intramolecular Hbond substituents is 1. The predicted octanol–water partition coefficient (Wildman–Crippen LogP) is 5.29. The number of phenols is 1. The number of benzene rings is 1. The molecule has 9 rings (SSSR count). The van der Waals surface area contributed by atoms with Gasteiger partial charge in [-0.15, -0.1) is 10.2 Å². The minimum absolute atomic E-state index is 0.142. The van der Waals surface area contributed by atoms with Crippen LogP contribution in [0.5, 0.6) is 11.6 Å². The summed E-state index contributed by atoms with van der Waals surface area (Å²) in [5, 5.41) is 23.1. The lowest BCUT2D eigenvalue weighted by Crippen LogP contribution is -2.54. The molecule has 2 bridgehead atoms. The Morgan fingerprint density at radius 1 is 0.849 bits per heavy atom. The molecule has 0 radical (unpaired) electrons. The molecule has 3 aromatic heterocycles. The van der Waals surface area contributed by atoms with E-state index in [4.69, 9.17) is 19.7 Å². The first-order valence-corrected chi connectivity index (χ1v) is 19.6. The average Bonchev–Trinajstić information content (AvgIpc) is 3.71. The van der Waals surface area contributed by atoms with E-state index in [1.165, 1.54) is 19.4 Å². The minimum Gasteiger partial charge on any atom is -0.507 e. The lowest BCUT2D eigenvalue weighted by Gasteiger charge is -2.43. The van der Waals surface area contributed by atoms with Gasteiger partial charge in [-0.2, -0.15) is 0 Å². The molecule has 5 fully saturated rings. The molecule has 13 heteroatoms. The summed E-state index contributed by atoms with van der Waals surface area (Å²) >= 11 is 0. The van der Waals surface area contributed by atoms with E-state index < -0.39 is 0 Å². The van der Waals surface area contributed by atoms with E-state index in [-0.39, 0.29) is 18.0 Å². The Morgan fingerprint density at radius 2 is 1.62 bits per heavy atom. The van der Waals surface area contributed by atoms with E-state index in [1.807, 2.05) is 37.4 Å². The largest absolute Gasteiger partial charge is 0.507 e. The number of piperidine rings is 2. The van der Waals surface area contributed by atoms with E-state index in [0.29, 0.717) is 41.1 Å². The van der Waals surface area contributed by atoms with Crippen LogP contribution in [0, 0.1) is 12.8 Å². The number of aryl methyl sites for hydroxylation is 1. The second-order valence-electron chi connectivity index (χ2n) is 15.8. The van der Waals surface area contributed by atoms with Gasteiger partial charge < -0.3 is 44.4 Å². The summed E-state index contributed by atoms with van der Waals surface area (Å²) in [6.45, 7) is 9.17. The van der Waals surface area contributed by atoms with E-state index in [0.717, 1.165) is 107 Å². The zero-order valence-electron chi connectivity index (χ0n) is 30.6. The summed E-state index contributed by atoms with van der Waals surface area (Å²) < 4.78 is 18.2. The van der Waals surface area contributed by atoms with Crippen molar-refractivity contribution in [2.45, 2.75) is 88.7 Å². The summed E-state index contributed by atoms with van der Waals surface area (Å²) in [6, 6.07) is 16.1. The van der Waals surface area contributed by atoms with Crippen molar-refractivity contribution in [2.24, 2.45) is 5.92 Å². The van der Waals surface area contributed by atoms with Gasteiger partial charge in [0.25, 0.3) is 0 Å². The van der Waals surface area contributed by atoms with Crippen LogP contribution in [0.3, 0.4) is 0 Å². The molecule has 0 amide bonds. The number of hydrogen-bond donors (Lipinski definition) is 2. The summed E-state index contributed by atoms with van der Waals surface area (Å²) in [5.74, 6) is 3.90. The molecule has 5 aliphatic rings.